The molecule has 714 valence electrons. The van der Waals surface area contributed by atoms with E-state index in [-0.39, 0.29) is 0 Å². The van der Waals surface area contributed by atoms with Gasteiger partial charge < -0.3 is 14.8 Å². The average Bonchev–Trinajstić information content (AvgIpc) is 0.770. The number of aldehydes is 2. The molecule has 138 heavy (non-hydrogen) atoms. The van der Waals surface area contributed by atoms with Crippen LogP contribution in [0.15, 0.2) is 429 Å². The van der Waals surface area contributed by atoms with Crippen molar-refractivity contribution in [2.75, 3.05) is 32.6 Å². The molecule has 11 heteroatoms. The number of fused-ring (bicyclic) bond motifs is 18. The van der Waals surface area contributed by atoms with Gasteiger partial charge in [-0.2, -0.15) is 0 Å². The third kappa shape index (κ3) is 34.1. The number of halogens is 5. The van der Waals surface area contributed by atoms with E-state index in [1.165, 1.54) is 155 Å². The van der Waals surface area contributed by atoms with Crippen LogP contribution in [-0.4, -0.2) is 62.4 Å². The van der Waals surface area contributed by atoms with E-state index < -0.39 is 7.12 Å². The molecule has 0 spiro atoms. The molecule has 0 bridgehead atoms. The van der Waals surface area contributed by atoms with E-state index in [0.29, 0.717) is 11.0 Å². The normalized spacial score (nSPS) is 9.48. The number of methoxy groups -OCH3 is 1. The second-order valence-electron chi connectivity index (χ2n) is 27.6. The van der Waals surface area contributed by atoms with Gasteiger partial charge in [-0.05, 0) is 187 Å². The Morgan fingerprint density at radius 3 is 0.696 bits per heavy atom. The summed E-state index contributed by atoms with van der Waals surface area (Å²) < 4.78 is 5.87. The summed E-state index contributed by atoms with van der Waals surface area (Å²) in [6, 6.07) is 144. The fourth-order valence-corrected chi connectivity index (χ4v) is 15.3. The number of hydrogen-bond acceptors (Lipinski definition) is 5. The first kappa shape index (κ1) is 119. The summed E-state index contributed by atoms with van der Waals surface area (Å²) >= 11 is 21.8. The lowest BCUT2D eigenvalue weighted by Gasteiger charge is -2.08. The molecule has 0 atom stereocenters. The molecule has 21 aromatic carbocycles. The van der Waals surface area contributed by atoms with Gasteiger partial charge in [-0.25, -0.2) is 0 Å². The lowest BCUT2D eigenvalue weighted by molar-refractivity contribution is 0.111. The van der Waals surface area contributed by atoms with Crippen LogP contribution >= 0.6 is 62.3 Å². The molecule has 0 fully saturated rings. The van der Waals surface area contributed by atoms with Gasteiger partial charge in [0, 0.05) is 41.1 Å². The minimum absolute atomic E-state index is 0.527. The van der Waals surface area contributed by atoms with Crippen molar-refractivity contribution < 1.29 is 24.4 Å². The summed E-state index contributed by atoms with van der Waals surface area (Å²) in [6.45, 7) is 32.0. The Bertz CT molecular complexity index is 6500. The minimum atomic E-state index is -1.38. The standard InChI is InChI=1S/C19H16O.3C18H12.C17H12O.C10H9BO2.C7H5BrO.8C2H6.4CH3Cl/c1-20-13-12-16-7-4-5-9-19(16)18-11-10-15-6-2-3-8-17(15)14-18;3*1-3-7-15-13(5-1)9-11-18-16-8-4-2-6-14(16)10-12-17(15)18;18-12-16-7-3-4-8-17(16)15-10-9-13-5-1-2-6-14(13)11-15;12-11(13)10-6-5-8-3-1-2-4-9(8)7-10;8-7-4-2-1-3-6(7)5-9;12*1-2/h2-14H,1H3;4*1-12H;1-7,12-13H;1-5H;8*1-2H3;4*1H3/b13-12+;;;;;;;;;;;;;;;;;;. The van der Waals surface area contributed by atoms with Gasteiger partial charge in [0.05, 0.1) is 13.4 Å². The highest BCUT2D eigenvalue weighted by Crippen LogP contribution is 2.36. The summed E-state index contributed by atoms with van der Waals surface area (Å²) in [4.78, 5) is 21.3. The molecule has 2 N–H and O–H groups in total. The maximum atomic E-state index is 11.1. The largest absolute Gasteiger partial charge is 0.504 e. The van der Waals surface area contributed by atoms with Crippen molar-refractivity contribution in [3.8, 4) is 22.3 Å². The quantitative estimate of drug-likeness (QED) is 0.0546. The van der Waals surface area contributed by atoms with Crippen molar-refractivity contribution in [2.24, 2.45) is 0 Å². The molecular weight excluding hydrogens is 1840 g/mol. The van der Waals surface area contributed by atoms with Gasteiger partial charge >= 0.3 is 7.12 Å². The van der Waals surface area contributed by atoms with Crippen LogP contribution in [0.1, 0.15) is 137 Å². The number of ether oxygens (including phenoxy) is 1. The first-order chi connectivity index (χ1) is 68.2. The van der Waals surface area contributed by atoms with Crippen molar-refractivity contribution in [3.63, 3.8) is 0 Å². The fraction of sp³-hybridized carbons (Fsp3) is 0.165. The molecule has 0 amide bonds. The Morgan fingerprint density at radius 2 is 0.435 bits per heavy atom. The van der Waals surface area contributed by atoms with E-state index in [2.05, 4.69) is 372 Å². The lowest BCUT2D eigenvalue weighted by atomic mass is 9.79. The van der Waals surface area contributed by atoms with Crippen molar-refractivity contribution in [2.45, 2.75) is 111 Å². The van der Waals surface area contributed by atoms with Gasteiger partial charge in [0.2, 0.25) is 0 Å². The Hall–Kier alpha value is -12.8. The van der Waals surface area contributed by atoms with E-state index in [0.717, 1.165) is 50.1 Å². The van der Waals surface area contributed by atoms with E-state index in [1.54, 1.807) is 31.6 Å². The summed E-state index contributed by atoms with van der Waals surface area (Å²) in [5.74, 6) is 0. The van der Waals surface area contributed by atoms with Crippen LogP contribution in [0.3, 0.4) is 0 Å². The zero-order chi connectivity index (χ0) is 102. The summed E-state index contributed by atoms with van der Waals surface area (Å²) in [6.07, 6.45) is 11.3. The molecule has 21 rings (SSSR count). The number of hydrogen-bond donors (Lipinski definition) is 2. The highest BCUT2D eigenvalue weighted by molar-refractivity contribution is 9.10. The topological polar surface area (TPSA) is 83.8 Å². The molecule has 0 aromatic heterocycles. The molecule has 0 aliphatic heterocycles. The highest BCUT2D eigenvalue weighted by atomic mass is 79.9. The first-order valence-corrected chi connectivity index (χ1v) is 51.2. The van der Waals surface area contributed by atoms with E-state index in [4.69, 9.17) is 14.8 Å². The third-order valence-corrected chi connectivity index (χ3v) is 21.3. The molecule has 5 nitrogen and oxygen atoms in total. The van der Waals surface area contributed by atoms with Crippen molar-refractivity contribution in [1.82, 2.24) is 0 Å². The first-order valence-electron chi connectivity index (χ1n) is 47.4. The van der Waals surface area contributed by atoms with Crippen LogP contribution < -0.4 is 5.46 Å². The Morgan fingerprint density at radius 1 is 0.225 bits per heavy atom. The van der Waals surface area contributed by atoms with Gasteiger partial charge in [-0.1, -0.05) is 527 Å². The van der Waals surface area contributed by atoms with Crippen molar-refractivity contribution in [3.05, 3.63) is 446 Å². The van der Waals surface area contributed by atoms with Gasteiger partial charge in [-0.3, -0.25) is 9.59 Å². The van der Waals surface area contributed by atoms with Gasteiger partial charge in [-0.15, -0.1) is 46.4 Å². The van der Waals surface area contributed by atoms with E-state index in [9.17, 15) is 9.59 Å². The number of rotatable bonds is 7. The maximum absolute atomic E-state index is 11.1. The molecule has 0 unspecified atom stereocenters. The molecule has 0 saturated carbocycles. The molecule has 21 aromatic rings. The van der Waals surface area contributed by atoms with Gasteiger partial charge in [0.25, 0.3) is 0 Å². The molecule has 0 aliphatic carbocycles. The van der Waals surface area contributed by atoms with Gasteiger partial charge in [0.15, 0.2) is 12.6 Å². The second-order valence-corrected chi connectivity index (χ2v) is 28.4. The molecule has 0 aliphatic rings. The Kier molecular flexibility index (Phi) is 61.3. The molecule has 0 saturated heterocycles. The number of carbonyl (C=O) groups excluding carboxylic acids is 2. The maximum Gasteiger partial charge on any atom is 0.488 e. The summed E-state index contributed by atoms with van der Waals surface area (Å²) in [7, 11) is 0.277. The van der Waals surface area contributed by atoms with Crippen LogP contribution in [0, 0.1) is 0 Å². The predicted molar refractivity (Wildman–Crippen MR) is 628 cm³/mol. The zero-order valence-electron chi connectivity index (χ0n) is 84.2. The van der Waals surface area contributed by atoms with Gasteiger partial charge in [0.1, 0.15) is 0 Å². The monoisotopic (exact) mass is 1970 g/mol. The number of alkyl halides is 4. The molecular formula is C127H138BBrCl4O5. The van der Waals surface area contributed by atoms with Crippen LogP contribution in [0.5, 0.6) is 0 Å². The molecule has 0 heterocycles. The summed E-state index contributed by atoms with van der Waals surface area (Å²) in [5.41, 5.74) is 7.61. The predicted octanol–water partition coefficient (Wildman–Crippen LogP) is 39.3. The van der Waals surface area contributed by atoms with Crippen LogP contribution in [-0.2, 0) is 4.74 Å². The van der Waals surface area contributed by atoms with E-state index >= 15 is 0 Å². The lowest BCUT2D eigenvalue weighted by Crippen LogP contribution is -2.29. The zero-order valence-corrected chi connectivity index (χ0v) is 88.8. The van der Waals surface area contributed by atoms with Crippen molar-refractivity contribution >= 4 is 223 Å². The van der Waals surface area contributed by atoms with Crippen LogP contribution in [0.2, 0.25) is 0 Å². The Balaban J connectivity index is 0.000000402. The summed E-state index contributed by atoms with van der Waals surface area (Å²) in [5, 5.41) is 48.8. The molecule has 0 radical (unpaired) electrons. The average molecular weight is 1980 g/mol. The Labute approximate surface area is 852 Å². The van der Waals surface area contributed by atoms with E-state index in [1.807, 2.05) is 208 Å². The van der Waals surface area contributed by atoms with Crippen molar-refractivity contribution in [1.29, 1.82) is 0 Å². The van der Waals surface area contributed by atoms with Crippen LogP contribution in [0.4, 0.5) is 0 Å². The highest BCUT2D eigenvalue weighted by Gasteiger charge is 2.12. The van der Waals surface area contributed by atoms with Crippen LogP contribution in [0.25, 0.3) is 158 Å². The minimum Gasteiger partial charge on any atom is -0.504 e. The number of benzene rings is 21. The number of carbonyl (C=O) groups is 2. The SMILES string of the molecule is CC.CC.CC.CC.CC.CC.CC.CC.CCl.CCl.CCl.CCl.CO/C=C/c1ccccc1-c1ccc2ccccc2c1.O=Cc1ccccc1-c1ccc2ccccc2c1.O=Cc1ccccc1Br.OB(O)c1ccc2ccccc2c1.c1ccc2c(c1)ccc1c3ccccc3ccc21.c1ccc2c(c1)ccc1c3ccccc3ccc21.c1ccc2c(c1)ccc1c3ccccc3ccc21. The smallest absolute Gasteiger partial charge is 0.488 e. The second kappa shape index (κ2) is 70.8. The fourth-order valence-electron chi connectivity index (χ4n) is 14.9. The third-order valence-electron chi connectivity index (χ3n) is 20.6.